The highest BCUT2D eigenvalue weighted by atomic mass is 16.4. The molecule has 0 unspecified atom stereocenters. The number of hydrogen-bond donors (Lipinski definition) is 1. The van der Waals surface area contributed by atoms with Gasteiger partial charge in [0.05, 0.1) is 6.20 Å². The van der Waals surface area contributed by atoms with Crippen LogP contribution in [-0.2, 0) is 11.3 Å². The van der Waals surface area contributed by atoms with Crippen molar-refractivity contribution >= 4 is 11.9 Å². The van der Waals surface area contributed by atoms with Gasteiger partial charge < -0.3 is 10.0 Å². The van der Waals surface area contributed by atoms with E-state index >= 15 is 0 Å². The number of aromatic carboxylic acids is 1. The van der Waals surface area contributed by atoms with Gasteiger partial charge in [0.2, 0.25) is 5.91 Å². The van der Waals surface area contributed by atoms with Crippen molar-refractivity contribution < 1.29 is 14.7 Å². The number of hydrogen-bond acceptors (Lipinski definition) is 4. The SMILES string of the molecule is CC(=O)N1CC(Cn2cc(C(=O)O)nn2)C1. The maximum absolute atomic E-state index is 10.9. The number of carbonyl (C=O) groups is 2. The van der Waals surface area contributed by atoms with Gasteiger partial charge >= 0.3 is 5.97 Å². The zero-order chi connectivity index (χ0) is 11.7. The molecule has 1 fully saturated rings. The van der Waals surface area contributed by atoms with E-state index in [-0.39, 0.29) is 11.6 Å². The quantitative estimate of drug-likeness (QED) is 0.744. The molecule has 0 aromatic carbocycles. The highest BCUT2D eigenvalue weighted by molar-refractivity contribution is 5.84. The molecule has 0 radical (unpaired) electrons. The summed E-state index contributed by atoms with van der Waals surface area (Å²) in [6, 6.07) is 0. The molecule has 1 amide bonds. The van der Waals surface area contributed by atoms with Gasteiger partial charge in [0.25, 0.3) is 0 Å². The fourth-order valence-electron chi connectivity index (χ4n) is 1.69. The highest BCUT2D eigenvalue weighted by Crippen LogP contribution is 2.16. The van der Waals surface area contributed by atoms with Gasteiger partial charge in [0.15, 0.2) is 5.69 Å². The Balaban J connectivity index is 1.87. The van der Waals surface area contributed by atoms with Crippen molar-refractivity contribution in [1.82, 2.24) is 19.9 Å². The molecule has 1 saturated heterocycles. The third kappa shape index (κ3) is 2.02. The Bertz CT molecular complexity index is 422. The van der Waals surface area contributed by atoms with Gasteiger partial charge in [0.1, 0.15) is 0 Å². The lowest BCUT2D eigenvalue weighted by Crippen LogP contribution is -2.50. The molecule has 0 aliphatic carbocycles. The van der Waals surface area contributed by atoms with Crippen LogP contribution in [0.15, 0.2) is 6.20 Å². The molecule has 1 aliphatic heterocycles. The molecule has 1 aromatic heterocycles. The molecule has 2 heterocycles. The molecule has 86 valence electrons. The van der Waals surface area contributed by atoms with Crippen LogP contribution in [0.2, 0.25) is 0 Å². The molecule has 16 heavy (non-hydrogen) atoms. The van der Waals surface area contributed by atoms with Crippen LogP contribution >= 0.6 is 0 Å². The van der Waals surface area contributed by atoms with Crippen molar-refractivity contribution in [3.8, 4) is 0 Å². The predicted octanol–water partition coefficient (Wildman–Crippen LogP) is -0.545. The first-order valence-corrected chi connectivity index (χ1v) is 4.95. The van der Waals surface area contributed by atoms with Crippen LogP contribution in [0, 0.1) is 5.92 Å². The van der Waals surface area contributed by atoms with Crippen molar-refractivity contribution in [2.24, 2.45) is 5.92 Å². The summed E-state index contributed by atoms with van der Waals surface area (Å²) in [5.41, 5.74) is -0.0530. The summed E-state index contributed by atoms with van der Waals surface area (Å²) in [6.07, 6.45) is 1.40. The van der Waals surface area contributed by atoms with Crippen molar-refractivity contribution in [2.45, 2.75) is 13.5 Å². The number of carboxylic acid groups (broad SMARTS) is 1. The normalized spacial score (nSPS) is 15.9. The molecule has 1 aromatic rings. The lowest BCUT2D eigenvalue weighted by Gasteiger charge is -2.38. The van der Waals surface area contributed by atoms with Gasteiger partial charge in [-0.1, -0.05) is 5.21 Å². The van der Waals surface area contributed by atoms with Crippen LogP contribution in [0.4, 0.5) is 0 Å². The van der Waals surface area contributed by atoms with Gasteiger partial charge in [-0.15, -0.1) is 5.10 Å². The number of nitrogens with zero attached hydrogens (tertiary/aromatic N) is 4. The van der Waals surface area contributed by atoms with Crippen molar-refractivity contribution in [1.29, 1.82) is 0 Å². The average molecular weight is 224 g/mol. The number of amides is 1. The molecule has 7 heteroatoms. The summed E-state index contributed by atoms with van der Waals surface area (Å²) in [6.45, 7) is 3.55. The number of carbonyl (C=O) groups excluding carboxylic acids is 1. The summed E-state index contributed by atoms with van der Waals surface area (Å²) >= 11 is 0. The maximum atomic E-state index is 10.9. The predicted molar refractivity (Wildman–Crippen MR) is 52.7 cm³/mol. The first-order chi connectivity index (χ1) is 7.56. The van der Waals surface area contributed by atoms with E-state index in [4.69, 9.17) is 5.11 Å². The lowest BCUT2D eigenvalue weighted by molar-refractivity contribution is -0.135. The van der Waals surface area contributed by atoms with Crippen LogP contribution in [0.25, 0.3) is 0 Å². The van der Waals surface area contributed by atoms with Gasteiger partial charge in [-0.05, 0) is 0 Å². The lowest BCUT2D eigenvalue weighted by atomic mass is 10.0. The highest BCUT2D eigenvalue weighted by Gasteiger charge is 2.29. The second-order valence-electron chi connectivity index (χ2n) is 3.92. The fraction of sp³-hybridized carbons (Fsp3) is 0.556. The molecule has 0 spiro atoms. The Hall–Kier alpha value is -1.92. The van der Waals surface area contributed by atoms with Crippen LogP contribution < -0.4 is 0 Å². The van der Waals surface area contributed by atoms with Crippen molar-refractivity contribution in [3.63, 3.8) is 0 Å². The Morgan fingerprint density at radius 1 is 1.56 bits per heavy atom. The Morgan fingerprint density at radius 3 is 2.75 bits per heavy atom. The number of aromatic nitrogens is 3. The first-order valence-electron chi connectivity index (χ1n) is 4.95. The van der Waals surface area contributed by atoms with Crippen LogP contribution in [0.1, 0.15) is 17.4 Å². The first kappa shape index (κ1) is 10.6. The number of carboxylic acids is 1. The van der Waals surface area contributed by atoms with E-state index in [0.29, 0.717) is 25.6 Å². The molecule has 0 atom stereocenters. The Kier molecular flexibility index (Phi) is 2.59. The van der Waals surface area contributed by atoms with E-state index in [0.717, 1.165) is 0 Å². The van der Waals surface area contributed by atoms with E-state index in [2.05, 4.69) is 10.3 Å². The fourth-order valence-corrected chi connectivity index (χ4v) is 1.69. The summed E-state index contributed by atoms with van der Waals surface area (Å²) in [7, 11) is 0. The summed E-state index contributed by atoms with van der Waals surface area (Å²) < 4.78 is 1.51. The third-order valence-corrected chi connectivity index (χ3v) is 2.61. The average Bonchev–Trinajstić information content (AvgIpc) is 2.58. The maximum Gasteiger partial charge on any atom is 0.358 e. The standard InChI is InChI=1S/C9H12N4O3/c1-6(14)12-2-7(3-12)4-13-5-8(9(15)16)10-11-13/h5,7H,2-4H2,1H3,(H,15,16). The van der Waals surface area contributed by atoms with Crippen molar-refractivity contribution in [2.75, 3.05) is 13.1 Å². The molecule has 1 N–H and O–H groups in total. The number of rotatable bonds is 3. The van der Waals surface area contributed by atoms with Gasteiger partial charge in [-0.3, -0.25) is 9.48 Å². The molecule has 1 aliphatic rings. The van der Waals surface area contributed by atoms with Gasteiger partial charge in [0, 0.05) is 32.5 Å². The largest absolute Gasteiger partial charge is 0.476 e. The summed E-state index contributed by atoms with van der Waals surface area (Å²) in [5.74, 6) is -0.668. The molecule has 0 saturated carbocycles. The summed E-state index contributed by atoms with van der Waals surface area (Å²) in [5, 5.41) is 15.9. The molecule has 0 bridgehead atoms. The third-order valence-electron chi connectivity index (χ3n) is 2.61. The second-order valence-corrected chi connectivity index (χ2v) is 3.92. The topological polar surface area (TPSA) is 88.3 Å². The Morgan fingerprint density at radius 2 is 2.25 bits per heavy atom. The Labute approximate surface area is 91.7 Å². The molecular weight excluding hydrogens is 212 g/mol. The molecular formula is C9H12N4O3. The summed E-state index contributed by atoms with van der Waals surface area (Å²) in [4.78, 5) is 23.2. The van der Waals surface area contributed by atoms with Gasteiger partial charge in [-0.2, -0.15) is 0 Å². The minimum absolute atomic E-state index is 0.0530. The molecule has 7 nitrogen and oxygen atoms in total. The zero-order valence-electron chi connectivity index (χ0n) is 8.83. The van der Waals surface area contributed by atoms with E-state index < -0.39 is 5.97 Å². The van der Waals surface area contributed by atoms with Crippen LogP contribution in [-0.4, -0.2) is 50.0 Å². The van der Waals surface area contributed by atoms with Crippen molar-refractivity contribution in [3.05, 3.63) is 11.9 Å². The second kappa shape index (κ2) is 3.92. The van der Waals surface area contributed by atoms with E-state index in [9.17, 15) is 9.59 Å². The van der Waals surface area contributed by atoms with E-state index in [1.807, 2.05) is 0 Å². The van der Waals surface area contributed by atoms with Crippen LogP contribution in [0.3, 0.4) is 0 Å². The zero-order valence-corrected chi connectivity index (χ0v) is 8.83. The van der Waals surface area contributed by atoms with E-state index in [1.165, 1.54) is 17.8 Å². The molecule has 2 rings (SSSR count). The van der Waals surface area contributed by atoms with Gasteiger partial charge in [-0.25, -0.2) is 4.79 Å². The van der Waals surface area contributed by atoms with E-state index in [1.54, 1.807) is 4.90 Å². The minimum atomic E-state index is -1.08. The number of likely N-dealkylation sites (tertiary alicyclic amines) is 1. The minimum Gasteiger partial charge on any atom is -0.476 e. The van der Waals surface area contributed by atoms with Crippen LogP contribution in [0.5, 0.6) is 0 Å². The monoisotopic (exact) mass is 224 g/mol. The smallest absolute Gasteiger partial charge is 0.358 e.